The third kappa shape index (κ3) is 4.87. The van der Waals surface area contributed by atoms with Crippen LogP contribution >= 0.6 is 11.8 Å². The van der Waals surface area contributed by atoms with Gasteiger partial charge < -0.3 is 9.47 Å². The normalized spacial score (nSPS) is 15.8. The monoisotopic (exact) mass is 512 g/mol. The standard InChI is InChI=1S/C27H20N4O5S/c1-35-24-14-18(9-12-23(24)36-15-17-7-10-20(11-8-17)31(33)34)13-21-25(28)30-22(19-5-3-2-4-6-19)16-37-27(30)29-26(21)32/h2-14,16,28H,15H2,1H3. The van der Waals surface area contributed by atoms with E-state index in [1.54, 1.807) is 41.3 Å². The highest BCUT2D eigenvalue weighted by Gasteiger charge is 2.36. The molecule has 2 aliphatic rings. The molecule has 0 atom stereocenters. The molecule has 0 bridgehead atoms. The maximum atomic E-state index is 12.8. The number of benzene rings is 3. The molecule has 10 heteroatoms. The lowest BCUT2D eigenvalue weighted by atomic mass is 10.1. The Hall–Kier alpha value is -4.70. The van der Waals surface area contributed by atoms with Gasteiger partial charge in [-0.05, 0) is 47.0 Å². The Labute approximate surface area is 216 Å². The van der Waals surface area contributed by atoms with Gasteiger partial charge in [0.25, 0.3) is 11.6 Å². The molecule has 5 rings (SSSR count). The average Bonchev–Trinajstić information content (AvgIpc) is 3.34. The molecule has 9 nitrogen and oxygen atoms in total. The van der Waals surface area contributed by atoms with E-state index in [-0.39, 0.29) is 23.7 Å². The highest BCUT2D eigenvalue weighted by Crippen LogP contribution is 2.38. The van der Waals surface area contributed by atoms with Crippen molar-refractivity contribution >= 4 is 46.1 Å². The fraction of sp³-hybridized carbons (Fsp3) is 0.0741. The Morgan fingerprint density at radius 2 is 1.84 bits per heavy atom. The minimum absolute atomic E-state index is 0.0110. The Kier molecular flexibility index (Phi) is 6.57. The Balaban J connectivity index is 1.37. The summed E-state index contributed by atoms with van der Waals surface area (Å²) in [6.45, 7) is 0.191. The maximum absolute atomic E-state index is 12.8. The second-order valence-electron chi connectivity index (χ2n) is 8.05. The van der Waals surface area contributed by atoms with E-state index in [4.69, 9.17) is 14.9 Å². The minimum Gasteiger partial charge on any atom is -0.493 e. The molecule has 1 N–H and O–H groups in total. The third-order valence-electron chi connectivity index (χ3n) is 5.72. The number of carbonyl (C=O) groups is 1. The van der Waals surface area contributed by atoms with E-state index >= 15 is 0 Å². The number of nitro groups is 1. The fourth-order valence-corrected chi connectivity index (χ4v) is 4.74. The summed E-state index contributed by atoms with van der Waals surface area (Å²) in [4.78, 5) is 29.0. The molecular weight excluding hydrogens is 492 g/mol. The summed E-state index contributed by atoms with van der Waals surface area (Å²) in [6.07, 6.45) is 1.61. The Morgan fingerprint density at radius 3 is 2.54 bits per heavy atom. The Morgan fingerprint density at radius 1 is 1.08 bits per heavy atom. The molecule has 184 valence electrons. The lowest BCUT2D eigenvalue weighted by molar-refractivity contribution is -0.384. The first-order valence-corrected chi connectivity index (χ1v) is 12.0. The summed E-state index contributed by atoms with van der Waals surface area (Å²) in [5.74, 6) is 0.479. The third-order valence-corrected chi connectivity index (χ3v) is 6.55. The number of hydrogen-bond acceptors (Lipinski definition) is 7. The van der Waals surface area contributed by atoms with Crippen molar-refractivity contribution in [1.29, 1.82) is 5.41 Å². The number of carbonyl (C=O) groups excluding carboxylic acids is 1. The van der Waals surface area contributed by atoms with Crippen LogP contribution in [0.15, 0.2) is 88.8 Å². The molecular formula is C27H20N4O5S. The molecule has 3 aromatic carbocycles. The SMILES string of the molecule is COc1cc(C=C2C(=N)N3C(c4ccccc4)=CSC3=NC2=O)ccc1OCc1ccc([N+](=O)[O-])cc1. The number of aliphatic imine (C=N–C) groups is 1. The van der Waals surface area contributed by atoms with Crippen molar-refractivity contribution in [3.05, 3.63) is 111 Å². The maximum Gasteiger partial charge on any atom is 0.283 e. The number of hydrogen-bond donors (Lipinski definition) is 1. The molecule has 2 heterocycles. The zero-order valence-electron chi connectivity index (χ0n) is 19.6. The van der Waals surface area contributed by atoms with Crippen LogP contribution in [0.3, 0.4) is 0 Å². The Bertz CT molecular complexity index is 1500. The van der Waals surface area contributed by atoms with Crippen molar-refractivity contribution in [2.75, 3.05) is 7.11 Å². The topological polar surface area (TPSA) is 118 Å². The van der Waals surface area contributed by atoms with E-state index < -0.39 is 10.8 Å². The first-order valence-electron chi connectivity index (χ1n) is 11.1. The smallest absolute Gasteiger partial charge is 0.283 e. The van der Waals surface area contributed by atoms with Gasteiger partial charge in [-0.15, -0.1) is 0 Å². The molecule has 0 saturated heterocycles. The number of fused-ring (bicyclic) bond motifs is 1. The number of amides is 1. The van der Waals surface area contributed by atoms with E-state index in [2.05, 4.69) is 4.99 Å². The minimum atomic E-state index is -0.482. The van der Waals surface area contributed by atoms with Crippen LogP contribution in [0.4, 0.5) is 5.69 Å². The average molecular weight is 513 g/mol. The number of nitrogens with one attached hydrogen (secondary N) is 1. The number of methoxy groups -OCH3 is 1. The second kappa shape index (κ2) is 10.1. The molecule has 0 aromatic heterocycles. The van der Waals surface area contributed by atoms with Crippen molar-refractivity contribution in [2.24, 2.45) is 4.99 Å². The van der Waals surface area contributed by atoms with Gasteiger partial charge in [-0.1, -0.05) is 48.2 Å². The second-order valence-corrected chi connectivity index (χ2v) is 8.89. The predicted octanol–water partition coefficient (Wildman–Crippen LogP) is 5.49. The van der Waals surface area contributed by atoms with Gasteiger partial charge in [0.1, 0.15) is 12.4 Å². The molecule has 0 radical (unpaired) electrons. The zero-order valence-corrected chi connectivity index (χ0v) is 20.4. The van der Waals surface area contributed by atoms with Crippen LogP contribution in [-0.2, 0) is 11.4 Å². The van der Waals surface area contributed by atoms with Gasteiger partial charge in [0.05, 0.1) is 23.3 Å². The van der Waals surface area contributed by atoms with Crippen LogP contribution in [0, 0.1) is 15.5 Å². The van der Waals surface area contributed by atoms with Crippen molar-refractivity contribution < 1.29 is 19.2 Å². The van der Waals surface area contributed by atoms with Crippen LogP contribution < -0.4 is 9.47 Å². The fourth-order valence-electron chi connectivity index (χ4n) is 3.85. The summed E-state index contributed by atoms with van der Waals surface area (Å²) < 4.78 is 11.3. The van der Waals surface area contributed by atoms with Gasteiger partial charge in [-0.2, -0.15) is 4.99 Å². The van der Waals surface area contributed by atoms with Crippen LogP contribution in [0.25, 0.3) is 11.8 Å². The number of non-ortho nitro benzene ring substituents is 1. The van der Waals surface area contributed by atoms with Crippen LogP contribution in [0.5, 0.6) is 11.5 Å². The van der Waals surface area contributed by atoms with Gasteiger partial charge in [0, 0.05) is 17.5 Å². The van der Waals surface area contributed by atoms with E-state index in [0.29, 0.717) is 22.2 Å². The van der Waals surface area contributed by atoms with Crippen LogP contribution in [0.1, 0.15) is 16.7 Å². The number of rotatable bonds is 7. The highest BCUT2D eigenvalue weighted by atomic mass is 32.2. The van der Waals surface area contributed by atoms with E-state index in [0.717, 1.165) is 16.8 Å². The number of nitro benzene ring substituents is 1. The lowest BCUT2D eigenvalue weighted by Crippen LogP contribution is -2.38. The van der Waals surface area contributed by atoms with Gasteiger partial charge in [-0.25, -0.2) is 0 Å². The number of amidine groups is 2. The molecule has 0 unspecified atom stereocenters. The first kappa shape index (κ1) is 24.0. The number of nitrogens with zero attached hydrogens (tertiary/aromatic N) is 3. The summed E-state index contributed by atoms with van der Waals surface area (Å²) in [6, 6.07) is 20.9. The first-order chi connectivity index (χ1) is 17.9. The van der Waals surface area contributed by atoms with Crippen molar-refractivity contribution in [2.45, 2.75) is 6.61 Å². The summed E-state index contributed by atoms with van der Waals surface area (Å²) in [5, 5.41) is 22.0. The highest BCUT2D eigenvalue weighted by molar-refractivity contribution is 8.17. The molecule has 37 heavy (non-hydrogen) atoms. The molecule has 0 spiro atoms. The largest absolute Gasteiger partial charge is 0.493 e. The van der Waals surface area contributed by atoms with Crippen molar-refractivity contribution in [1.82, 2.24) is 4.90 Å². The molecule has 0 aliphatic carbocycles. The zero-order chi connectivity index (χ0) is 25.9. The quantitative estimate of drug-likeness (QED) is 0.253. The molecule has 0 saturated carbocycles. The van der Waals surface area contributed by atoms with Gasteiger partial charge in [0.15, 0.2) is 16.7 Å². The van der Waals surface area contributed by atoms with E-state index in [1.165, 1.54) is 31.0 Å². The van der Waals surface area contributed by atoms with Crippen molar-refractivity contribution in [3.63, 3.8) is 0 Å². The number of thioether (sulfide) groups is 1. The molecule has 2 aliphatic heterocycles. The summed E-state index contributed by atoms with van der Waals surface area (Å²) in [7, 11) is 1.51. The lowest BCUT2D eigenvalue weighted by Gasteiger charge is -2.27. The number of ether oxygens (including phenoxy) is 2. The molecule has 0 fully saturated rings. The summed E-state index contributed by atoms with van der Waals surface area (Å²) in [5.41, 5.74) is 3.30. The summed E-state index contributed by atoms with van der Waals surface area (Å²) >= 11 is 1.31. The van der Waals surface area contributed by atoms with Gasteiger partial charge >= 0.3 is 0 Å². The predicted molar refractivity (Wildman–Crippen MR) is 142 cm³/mol. The van der Waals surface area contributed by atoms with Gasteiger partial charge in [-0.3, -0.25) is 25.2 Å². The van der Waals surface area contributed by atoms with Crippen molar-refractivity contribution in [3.8, 4) is 11.5 Å². The van der Waals surface area contributed by atoms with Crippen LogP contribution in [0.2, 0.25) is 0 Å². The molecule has 3 aromatic rings. The van der Waals surface area contributed by atoms with E-state index in [1.807, 2.05) is 35.7 Å². The van der Waals surface area contributed by atoms with E-state index in [9.17, 15) is 14.9 Å². The molecule has 1 amide bonds. The van der Waals surface area contributed by atoms with Gasteiger partial charge in [0.2, 0.25) is 0 Å². The van der Waals surface area contributed by atoms with Crippen LogP contribution in [-0.4, -0.2) is 33.8 Å².